The van der Waals surface area contributed by atoms with Crippen LogP contribution in [0.1, 0.15) is 23.6 Å². The van der Waals surface area contributed by atoms with E-state index < -0.39 is 11.7 Å². The zero-order chi connectivity index (χ0) is 17.0. The molecule has 122 valence electrons. The first-order valence-corrected chi connectivity index (χ1v) is 7.56. The topological polar surface area (TPSA) is 24.1 Å². The van der Waals surface area contributed by atoms with Crippen LogP contribution in [0.5, 0.6) is 0 Å². The van der Waals surface area contributed by atoms with Gasteiger partial charge in [-0.2, -0.15) is 13.2 Å². The molecule has 0 bridgehead atoms. The highest BCUT2D eigenvalue weighted by molar-refractivity contribution is 7.80. The number of halogens is 3. The van der Waals surface area contributed by atoms with Gasteiger partial charge in [0.2, 0.25) is 0 Å². The van der Waals surface area contributed by atoms with Gasteiger partial charge >= 0.3 is 6.18 Å². The summed E-state index contributed by atoms with van der Waals surface area (Å²) in [7, 11) is 0. The van der Waals surface area contributed by atoms with Crippen molar-refractivity contribution in [3.8, 4) is 0 Å². The molecule has 23 heavy (non-hydrogen) atoms. The highest BCUT2D eigenvalue weighted by Gasteiger charge is 2.33. The van der Waals surface area contributed by atoms with Crippen LogP contribution < -0.4 is 10.6 Å². The Morgan fingerprint density at radius 3 is 2.39 bits per heavy atom. The third-order valence-corrected chi connectivity index (χ3v) is 3.66. The average Bonchev–Trinajstić information content (AvgIpc) is 2.48. The molecule has 0 atom stereocenters. The third-order valence-electron chi connectivity index (χ3n) is 3.46. The molecule has 0 saturated heterocycles. The highest BCUT2D eigenvalue weighted by atomic mass is 32.1. The smallest absolute Gasteiger partial charge is 0.332 e. The Hall–Kier alpha value is -2.08. The molecule has 0 aliphatic carbocycles. The Balaban J connectivity index is 2.22. The summed E-state index contributed by atoms with van der Waals surface area (Å²) in [5.41, 5.74) is 2.06. The van der Waals surface area contributed by atoms with Gasteiger partial charge in [0.1, 0.15) is 0 Å². The van der Waals surface area contributed by atoms with E-state index in [0.29, 0.717) is 0 Å². The first kappa shape index (κ1) is 17.3. The second-order valence-corrected chi connectivity index (χ2v) is 5.49. The lowest BCUT2D eigenvalue weighted by molar-refractivity contribution is -0.136. The highest BCUT2D eigenvalue weighted by Crippen LogP contribution is 2.34. The van der Waals surface area contributed by atoms with Crippen LogP contribution in [0.4, 0.5) is 24.5 Å². The summed E-state index contributed by atoms with van der Waals surface area (Å²) in [6.07, 6.45) is -3.64. The molecule has 2 aromatic carbocycles. The quantitative estimate of drug-likeness (QED) is 0.734. The van der Waals surface area contributed by atoms with Gasteiger partial charge in [0.25, 0.3) is 0 Å². The standard InChI is InChI=1S/C17H17F3N2S/c1-3-12-8-6-7-11(2)15(12)22-16(23)21-14-10-5-4-9-13(14)17(18,19)20/h4-10H,3H2,1-2H3,(H2,21,22,23). The van der Waals surface area contributed by atoms with Crippen molar-refractivity contribution in [1.29, 1.82) is 0 Å². The number of hydrogen-bond acceptors (Lipinski definition) is 1. The molecule has 2 rings (SSSR count). The van der Waals surface area contributed by atoms with E-state index in [1.165, 1.54) is 18.2 Å². The van der Waals surface area contributed by atoms with Crippen molar-refractivity contribution in [2.75, 3.05) is 10.6 Å². The maximum absolute atomic E-state index is 13.0. The Morgan fingerprint density at radius 1 is 1.04 bits per heavy atom. The van der Waals surface area contributed by atoms with Crippen LogP contribution in [0.25, 0.3) is 0 Å². The molecule has 0 saturated carbocycles. The number of para-hydroxylation sites is 2. The second kappa shape index (κ2) is 7.00. The zero-order valence-corrected chi connectivity index (χ0v) is 13.6. The molecule has 0 aromatic heterocycles. The monoisotopic (exact) mass is 338 g/mol. The number of anilines is 2. The van der Waals surface area contributed by atoms with Crippen LogP contribution >= 0.6 is 12.2 Å². The first-order valence-electron chi connectivity index (χ1n) is 7.15. The van der Waals surface area contributed by atoms with Crippen LogP contribution in [-0.2, 0) is 12.6 Å². The third kappa shape index (κ3) is 4.22. The van der Waals surface area contributed by atoms with Gasteiger partial charge in [0.05, 0.1) is 11.3 Å². The average molecular weight is 338 g/mol. The van der Waals surface area contributed by atoms with Crippen LogP contribution in [0.15, 0.2) is 42.5 Å². The maximum Gasteiger partial charge on any atom is 0.418 e. The summed E-state index contributed by atoms with van der Waals surface area (Å²) in [5, 5.41) is 5.78. The summed E-state index contributed by atoms with van der Waals surface area (Å²) in [6, 6.07) is 11.1. The van der Waals surface area contributed by atoms with Gasteiger partial charge in [0.15, 0.2) is 5.11 Å². The predicted octanol–water partition coefficient (Wildman–Crippen LogP) is 5.39. The van der Waals surface area contributed by atoms with Crippen LogP contribution in [0.2, 0.25) is 0 Å². The number of alkyl halides is 3. The number of nitrogens with one attached hydrogen (secondary N) is 2. The number of benzene rings is 2. The Kier molecular flexibility index (Phi) is 5.26. The normalized spacial score (nSPS) is 11.2. The number of hydrogen-bond donors (Lipinski definition) is 2. The van der Waals surface area contributed by atoms with E-state index in [4.69, 9.17) is 12.2 Å². The van der Waals surface area contributed by atoms with E-state index in [0.717, 1.165) is 29.3 Å². The molecule has 0 aliphatic heterocycles. The van der Waals surface area contributed by atoms with Crippen molar-refractivity contribution in [2.24, 2.45) is 0 Å². The van der Waals surface area contributed by atoms with Gasteiger partial charge in [-0.25, -0.2) is 0 Å². The molecule has 2 aromatic rings. The van der Waals surface area contributed by atoms with E-state index in [9.17, 15) is 13.2 Å². The Labute approximate surface area is 138 Å². The summed E-state index contributed by atoms with van der Waals surface area (Å²) in [4.78, 5) is 0. The molecule has 0 spiro atoms. The van der Waals surface area contributed by atoms with Crippen LogP contribution in [-0.4, -0.2) is 5.11 Å². The molecular formula is C17H17F3N2S. The minimum absolute atomic E-state index is 0.0656. The summed E-state index contributed by atoms with van der Waals surface area (Å²) in [5.74, 6) is 0. The van der Waals surface area contributed by atoms with Gasteiger partial charge < -0.3 is 10.6 Å². The minimum atomic E-state index is -4.43. The molecule has 0 aliphatic rings. The van der Waals surface area contributed by atoms with E-state index >= 15 is 0 Å². The number of aryl methyl sites for hydroxylation is 2. The molecule has 6 heteroatoms. The SMILES string of the molecule is CCc1cccc(C)c1NC(=S)Nc1ccccc1C(F)(F)F. The van der Waals surface area contributed by atoms with E-state index in [2.05, 4.69) is 10.6 Å². The Bertz CT molecular complexity index is 711. The molecule has 0 heterocycles. The lowest BCUT2D eigenvalue weighted by atomic mass is 10.1. The molecule has 2 N–H and O–H groups in total. The van der Waals surface area contributed by atoms with E-state index in [1.807, 2.05) is 32.0 Å². The fraction of sp³-hybridized carbons (Fsp3) is 0.235. The number of rotatable bonds is 3. The van der Waals surface area contributed by atoms with Crippen molar-refractivity contribution in [3.63, 3.8) is 0 Å². The first-order chi connectivity index (χ1) is 10.8. The van der Waals surface area contributed by atoms with Gasteiger partial charge in [0, 0.05) is 5.69 Å². The van der Waals surface area contributed by atoms with Crippen molar-refractivity contribution in [3.05, 3.63) is 59.2 Å². The van der Waals surface area contributed by atoms with Gasteiger partial charge in [-0.1, -0.05) is 37.3 Å². The largest absolute Gasteiger partial charge is 0.418 e. The van der Waals surface area contributed by atoms with Crippen LogP contribution in [0, 0.1) is 6.92 Å². The van der Waals surface area contributed by atoms with Crippen molar-refractivity contribution >= 4 is 28.7 Å². The van der Waals surface area contributed by atoms with Gasteiger partial charge in [-0.15, -0.1) is 0 Å². The minimum Gasteiger partial charge on any atom is -0.332 e. The van der Waals surface area contributed by atoms with Crippen molar-refractivity contribution in [1.82, 2.24) is 0 Å². The van der Waals surface area contributed by atoms with Gasteiger partial charge in [-0.05, 0) is 48.8 Å². The maximum atomic E-state index is 13.0. The molecule has 0 fully saturated rings. The zero-order valence-electron chi connectivity index (χ0n) is 12.8. The molecular weight excluding hydrogens is 321 g/mol. The molecule has 0 radical (unpaired) electrons. The van der Waals surface area contributed by atoms with Crippen LogP contribution in [0.3, 0.4) is 0 Å². The van der Waals surface area contributed by atoms with Crippen molar-refractivity contribution < 1.29 is 13.2 Å². The second-order valence-electron chi connectivity index (χ2n) is 5.09. The molecule has 0 amide bonds. The van der Waals surface area contributed by atoms with Gasteiger partial charge in [-0.3, -0.25) is 0 Å². The Morgan fingerprint density at radius 2 is 1.74 bits per heavy atom. The lowest BCUT2D eigenvalue weighted by Gasteiger charge is -2.18. The predicted molar refractivity (Wildman–Crippen MR) is 91.8 cm³/mol. The van der Waals surface area contributed by atoms with Crippen molar-refractivity contribution in [2.45, 2.75) is 26.4 Å². The summed E-state index contributed by atoms with van der Waals surface area (Å²) < 4.78 is 39.0. The fourth-order valence-corrected chi connectivity index (χ4v) is 2.52. The molecule has 2 nitrogen and oxygen atoms in total. The fourth-order valence-electron chi connectivity index (χ4n) is 2.31. The summed E-state index contributed by atoms with van der Waals surface area (Å²) in [6.45, 7) is 3.93. The number of thiocarbonyl (C=S) groups is 1. The van der Waals surface area contributed by atoms with E-state index in [1.54, 1.807) is 0 Å². The van der Waals surface area contributed by atoms with E-state index in [-0.39, 0.29) is 10.8 Å². The summed E-state index contributed by atoms with van der Waals surface area (Å²) >= 11 is 5.18. The molecule has 0 unspecified atom stereocenters. The lowest BCUT2D eigenvalue weighted by Crippen LogP contribution is -2.22.